The second-order valence-electron chi connectivity index (χ2n) is 7.57. The number of hydrogen-bond acceptors (Lipinski definition) is 7. The third-order valence-electron chi connectivity index (χ3n) is 5.63. The summed E-state index contributed by atoms with van der Waals surface area (Å²) in [7, 11) is 1.55. The molecule has 33 heavy (non-hydrogen) atoms. The summed E-state index contributed by atoms with van der Waals surface area (Å²) < 4.78 is 6.69. The number of ether oxygens (including phenoxy) is 1. The largest absolute Gasteiger partial charge is 0.497 e. The van der Waals surface area contributed by atoms with Crippen LogP contribution in [0.15, 0.2) is 42.6 Å². The SMILES string of the molecule is COc1ccc(Cl)c(-c2cn(-c3ccc4c(c3)C(=O)N(C3CCC(=O)NC3=O)C4=O)nn2)c1. The molecule has 1 fully saturated rings. The zero-order chi connectivity index (χ0) is 23.3. The Morgan fingerprint density at radius 2 is 1.82 bits per heavy atom. The Kier molecular flexibility index (Phi) is 4.94. The smallest absolute Gasteiger partial charge is 0.262 e. The number of piperidine rings is 1. The van der Waals surface area contributed by atoms with Gasteiger partial charge in [-0.15, -0.1) is 5.10 Å². The standard InChI is InChI=1S/C22H16ClN5O5/c1-33-12-3-5-16(23)15(9-12)17-10-27(26-25-17)11-2-4-13-14(8-11)22(32)28(21(13)31)18-6-7-19(29)24-20(18)30/h2-5,8-10,18H,6-7H2,1H3,(H,24,29,30). The van der Waals surface area contributed by atoms with Crippen molar-refractivity contribution in [2.45, 2.75) is 18.9 Å². The van der Waals surface area contributed by atoms with E-state index in [-0.39, 0.29) is 24.0 Å². The average Bonchev–Trinajstić information content (AvgIpc) is 3.38. The van der Waals surface area contributed by atoms with Gasteiger partial charge in [-0.25, -0.2) is 4.68 Å². The summed E-state index contributed by atoms with van der Waals surface area (Å²) in [6.45, 7) is 0. The summed E-state index contributed by atoms with van der Waals surface area (Å²) in [6, 6.07) is 8.80. The number of amides is 4. The zero-order valence-corrected chi connectivity index (χ0v) is 18.0. The van der Waals surface area contributed by atoms with Crippen molar-refractivity contribution in [3.8, 4) is 22.7 Å². The summed E-state index contributed by atoms with van der Waals surface area (Å²) in [4.78, 5) is 50.4. The first-order chi connectivity index (χ1) is 15.9. The van der Waals surface area contributed by atoms with E-state index in [2.05, 4.69) is 15.6 Å². The maximum Gasteiger partial charge on any atom is 0.262 e. The van der Waals surface area contributed by atoms with Crippen LogP contribution < -0.4 is 10.1 Å². The van der Waals surface area contributed by atoms with Crippen LogP contribution in [0.3, 0.4) is 0 Å². The number of hydrogen-bond donors (Lipinski definition) is 1. The van der Waals surface area contributed by atoms with Crippen LogP contribution in [0.5, 0.6) is 5.75 Å². The lowest BCUT2D eigenvalue weighted by Gasteiger charge is -2.27. The van der Waals surface area contributed by atoms with Crippen molar-refractivity contribution < 1.29 is 23.9 Å². The Balaban J connectivity index is 1.46. The van der Waals surface area contributed by atoms with E-state index in [1.807, 2.05) is 0 Å². The molecule has 0 aliphatic carbocycles. The quantitative estimate of drug-likeness (QED) is 0.584. The lowest BCUT2D eigenvalue weighted by molar-refractivity contribution is -0.136. The van der Waals surface area contributed by atoms with Gasteiger partial charge in [0, 0.05) is 12.0 Å². The predicted molar refractivity (Wildman–Crippen MR) is 115 cm³/mol. The number of halogens is 1. The molecule has 2 aliphatic rings. The summed E-state index contributed by atoms with van der Waals surface area (Å²) >= 11 is 6.29. The molecule has 1 saturated heterocycles. The lowest BCUT2D eigenvalue weighted by Crippen LogP contribution is -2.54. The van der Waals surface area contributed by atoms with Gasteiger partial charge in [0.05, 0.1) is 35.1 Å². The monoisotopic (exact) mass is 465 g/mol. The van der Waals surface area contributed by atoms with E-state index in [0.29, 0.717) is 27.7 Å². The average molecular weight is 466 g/mol. The van der Waals surface area contributed by atoms with E-state index in [4.69, 9.17) is 16.3 Å². The molecule has 11 heteroatoms. The van der Waals surface area contributed by atoms with Crippen LogP contribution in [0.2, 0.25) is 5.02 Å². The fourth-order valence-corrected chi connectivity index (χ4v) is 4.16. The van der Waals surface area contributed by atoms with Crippen molar-refractivity contribution in [1.82, 2.24) is 25.2 Å². The van der Waals surface area contributed by atoms with Crippen LogP contribution in [-0.2, 0) is 9.59 Å². The second kappa shape index (κ2) is 7.82. The third-order valence-corrected chi connectivity index (χ3v) is 5.96. The van der Waals surface area contributed by atoms with Crippen LogP contribution >= 0.6 is 11.6 Å². The number of carbonyl (C=O) groups is 4. The van der Waals surface area contributed by atoms with Crippen molar-refractivity contribution >= 4 is 35.2 Å². The van der Waals surface area contributed by atoms with E-state index in [1.54, 1.807) is 37.6 Å². The molecular weight excluding hydrogens is 450 g/mol. The van der Waals surface area contributed by atoms with Crippen molar-refractivity contribution in [2.75, 3.05) is 7.11 Å². The molecule has 0 saturated carbocycles. The molecule has 1 unspecified atom stereocenters. The molecule has 1 N–H and O–H groups in total. The van der Waals surface area contributed by atoms with Crippen molar-refractivity contribution in [2.24, 2.45) is 0 Å². The maximum atomic E-state index is 13.0. The van der Waals surface area contributed by atoms with Gasteiger partial charge in [0.1, 0.15) is 17.5 Å². The van der Waals surface area contributed by atoms with Gasteiger partial charge in [-0.3, -0.25) is 29.4 Å². The van der Waals surface area contributed by atoms with E-state index in [0.717, 1.165) is 4.90 Å². The van der Waals surface area contributed by atoms with Gasteiger partial charge in [0.15, 0.2) is 0 Å². The predicted octanol–water partition coefficient (Wildman–Crippen LogP) is 2.00. The van der Waals surface area contributed by atoms with Crippen molar-refractivity contribution in [3.05, 3.63) is 58.7 Å². The highest BCUT2D eigenvalue weighted by Crippen LogP contribution is 2.32. The molecule has 4 amide bonds. The number of nitrogens with zero attached hydrogens (tertiary/aromatic N) is 4. The highest BCUT2D eigenvalue weighted by atomic mass is 35.5. The van der Waals surface area contributed by atoms with E-state index < -0.39 is 29.7 Å². The van der Waals surface area contributed by atoms with Gasteiger partial charge in [-0.2, -0.15) is 0 Å². The highest BCUT2D eigenvalue weighted by molar-refractivity contribution is 6.33. The Labute approximate surface area is 192 Å². The normalized spacial score (nSPS) is 17.9. The number of imide groups is 2. The summed E-state index contributed by atoms with van der Waals surface area (Å²) in [5, 5.41) is 10.9. The second-order valence-corrected chi connectivity index (χ2v) is 7.98. The maximum absolute atomic E-state index is 13.0. The molecular formula is C22H16ClN5O5. The molecule has 0 radical (unpaired) electrons. The Bertz CT molecular complexity index is 1350. The minimum Gasteiger partial charge on any atom is -0.497 e. The first-order valence-electron chi connectivity index (χ1n) is 9.99. The van der Waals surface area contributed by atoms with Gasteiger partial charge >= 0.3 is 0 Å². The zero-order valence-electron chi connectivity index (χ0n) is 17.2. The molecule has 5 rings (SSSR count). The first kappa shape index (κ1) is 20.8. The topological polar surface area (TPSA) is 123 Å². The van der Waals surface area contributed by atoms with E-state index in [1.165, 1.54) is 16.8 Å². The molecule has 3 heterocycles. The summed E-state index contributed by atoms with van der Waals surface area (Å²) in [6.07, 6.45) is 1.79. The van der Waals surface area contributed by atoms with Crippen molar-refractivity contribution in [1.29, 1.82) is 0 Å². The molecule has 3 aromatic rings. The number of fused-ring (bicyclic) bond motifs is 1. The van der Waals surface area contributed by atoms with E-state index >= 15 is 0 Å². The number of methoxy groups -OCH3 is 1. The fourth-order valence-electron chi connectivity index (χ4n) is 3.94. The van der Waals surface area contributed by atoms with Crippen LogP contribution in [0, 0.1) is 0 Å². The molecule has 1 atom stereocenters. The van der Waals surface area contributed by atoms with Gasteiger partial charge in [-0.05, 0) is 42.8 Å². The fraction of sp³-hybridized carbons (Fsp3) is 0.182. The minimum absolute atomic E-state index is 0.0592. The number of rotatable bonds is 4. The molecule has 10 nitrogen and oxygen atoms in total. The minimum atomic E-state index is -1.02. The third kappa shape index (κ3) is 3.44. The van der Waals surface area contributed by atoms with Gasteiger partial charge in [0.2, 0.25) is 11.8 Å². The molecule has 2 aliphatic heterocycles. The van der Waals surface area contributed by atoms with Gasteiger partial charge in [0.25, 0.3) is 11.8 Å². The van der Waals surface area contributed by atoms with Crippen LogP contribution in [-0.4, -0.2) is 56.7 Å². The number of nitrogens with one attached hydrogen (secondary N) is 1. The number of benzene rings is 2. The Morgan fingerprint density at radius 3 is 2.58 bits per heavy atom. The van der Waals surface area contributed by atoms with Gasteiger partial charge < -0.3 is 4.74 Å². The number of aromatic nitrogens is 3. The van der Waals surface area contributed by atoms with Crippen molar-refractivity contribution in [3.63, 3.8) is 0 Å². The lowest BCUT2D eigenvalue weighted by atomic mass is 10.0. The highest BCUT2D eigenvalue weighted by Gasteiger charge is 2.44. The summed E-state index contributed by atoms with van der Waals surface area (Å²) in [5.74, 6) is -1.63. The molecule has 1 aromatic heterocycles. The van der Waals surface area contributed by atoms with Crippen LogP contribution in [0.1, 0.15) is 33.6 Å². The molecule has 2 aromatic carbocycles. The van der Waals surface area contributed by atoms with E-state index in [9.17, 15) is 19.2 Å². The first-order valence-corrected chi connectivity index (χ1v) is 10.4. The molecule has 0 spiro atoms. The molecule has 166 valence electrons. The Hall–Kier alpha value is -4.05. The molecule has 0 bridgehead atoms. The summed E-state index contributed by atoms with van der Waals surface area (Å²) in [5.41, 5.74) is 1.95. The van der Waals surface area contributed by atoms with Crippen LogP contribution in [0.4, 0.5) is 0 Å². The number of carbonyl (C=O) groups excluding carboxylic acids is 4. The Morgan fingerprint density at radius 1 is 1.03 bits per heavy atom. The van der Waals surface area contributed by atoms with Gasteiger partial charge in [-0.1, -0.05) is 16.8 Å². The van der Waals surface area contributed by atoms with Crippen LogP contribution in [0.25, 0.3) is 16.9 Å².